The first-order chi connectivity index (χ1) is 10.8. The van der Waals surface area contributed by atoms with Gasteiger partial charge in [-0.1, -0.05) is 37.3 Å². The molecule has 4 unspecified atom stereocenters. The fraction of sp³-hybridized carbons (Fsp3) is 0.667. The summed E-state index contributed by atoms with van der Waals surface area (Å²) < 4.78 is 18.2. The Morgan fingerprint density at radius 1 is 1.09 bits per heavy atom. The van der Waals surface area contributed by atoms with Crippen molar-refractivity contribution in [1.82, 2.24) is 0 Å². The molecule has 122 valence electrons. The van der Waals surface area contributed by atoms with Crippen LogP contribution in [0.25, 0.3) is 0 Å². The van der Waals surface area contributed by atoms with E-state index in [9.17, 15) is 0 Å². The van der Waals surface area contributed by atoms with Gasteiger partial charge in [0.15, 0.2) is 0 Å². The van der Waals surface area contributed by atoms with Crippen LogP contribution in [0.2, 0.25) is 6.04 Å². The van der Waals surface area contributed by atoms with Crippen molar-refractivity contribution in [2.75, 3.05) is 13.2 Å². The molecule has 3 nitrogen and oxygen atoms in total. The minimum atomic E-state index is -2.27. The minimum absolute atomic E-state index is 0.563. The summed E-state index contributed by atoms with van der Waals surface area (Å²) in [6.07, 6.45) is 6.07. The average Bonchev–Trinajstić information content (AvgIpc) is 3.33. The zero-order valence-corrected chi connectivity index (χ0v) is 14.8. The highest BCUT2D eigenvalue weighted by Gasteiger charge is 2.44. The zero-order chi connectivity index (χ0) is 15.4. The number of rotatable bonds is 8. The number of ether oxygens (including phenoxy) is 1. The fourth-order valence-electron chi connectivity index (χ4n) is 3.68. The highest BCUT2D eigenvalue weighted by atomic mass is 28.4. The Hall–Kier alpha value is -0.683. The minimum Gasteiger partial charge on any atom is -0.391 e. The van der Waals surface area contributed by atoms with E-state index in [1.165, 1.54) is 24.4 Å². The molecule has 2 fully saturated rings. The summed E-state index contributed by atoms with van der Waals surface area (Å²) in [5, 5.41) is 1.26. The first-order valence-corrected chi connectivity index (χ1v) is 10.8. The van der Waals surface area contributed by atoms with Crippen LogP contribution in [0.5, 0.6) is 0 Å². The fourth-order valence-corrected chi connectivity index (χ4v) is 6.53. The van der Waals surface area contributed by atoms with E-state index in [-0.39, 0.29) is 0 Å². The molecule has 1 aromatic carbocycles. The Morgan fingerprint density at radius 2 is 1.91 bits per heavy atom. The number of fused-ring (bicyclic) bond motifs is 1. The summed E-state index contributed by atoms with van der Waals surface area (Å²) in [5.41, 5.74) is 0. The maximum absolute atomic E-state index is 6.43. The van der Waals surface area contributed by atoms with Gasteiger partial charge in [0.2, 0.25) is 0 Å². The van der Waals surface area contributed by atoms with Crippen LogP contribution in [0.4, 0.5) is 0 Å². The van der Waals surface area contributed by atoms with Gasteiger partial charge in [0.25, 0.3) is 0 Å². The van der Waals surface area contributed by atoms with Crippen molar-refractivity contribution in [3.05, 3.63) is 30.3 Å². The van der Waals surface area contributed by atoms with Crippen molar-refractivity contribution < 1.29 is 13.6 Å². The quantitative estimate of drug-likeness (QED) is 0.543. The molecule has 4 heteroatoms. The van der Waals surface area contributed by atoms with Crippen LogP contribution in [0.3, 0.4) is 0 Å². The molecule has 1 aliphatic heterocycles. The zero-order valence-electron chi connectivity index (χ0n) is 13.8. The lowest BCUT2D eigenvalue weighted by atomic mass is 9.87. The summed E-state index contributed by atoms with van der Waals surface area (Å²) in [4.78, 5) is 0. The van der Waals surface area contributed by atoms with Crippen molar-refractivity contribution in [3.8, 4) is 0 Å². The highest BCUT2D eigenvalue weighted by molar-refractivity contribution is 6.81. The van der Waals surface area contributed by atoms with Gasteiger partial charge in [-0.15, -0.1) is 0 Å². The predicted molar refractivity (Wildman–Crippen MR) is 90.5 cm³/mol. The number of benzene rings is 1. The molecule has 1 aromatic rings. The van der Waals surface area contributed by atoms with Crippen LogP contribution in [-0.4, -0.2) is 34.0 Å². The second kappa shape index (κ2) is 7.26. The van der Waals surface area contributed by atoms with E-state index in [2.05, 4.69) is 44.2 Å². The van der Waals surface area contributed by atoms with Crippen LogP contribution in [0, 0.1) is 5.92 Å². The number of epoxide rings is 1. The van der Waals surface area contributed by atoms with Crippen molar-refractivity contribution in [2.24, 2.45) is 5.92 Å². The van der Waals surface area contributed by atoms with E-state index in [4.69, 9.17) is 13.6 Å². The van der Waals surface area contributed by atoms with Gasteiger partial charge in [-0.05, 0) is 49.8 Å². The van der Waals surface area contributed by atoms with Gasteiger partial charge in [0.05, 0.1) is 12.2 Å². The van der Waals surface area contributed by atoms with Crippen molar-refractivity contribution >= 4 is 13.7 Å². The Balaban J connectivity index is 1.57. The Kier molecular flexibility index (Phi) is 5.34. The second-order valence-corrected chi connectivity index (χ2v) is 9.80. The van der Waals surface area contributed by atoms with Gasteiger partial charge in [-0.2, -0.15) is 0 Å². The van der Waals surface area contributed by atoms with Crippen molar-refractivity contribution in [1.29, 1.82) is 0 Å². The topological polar surface area (TPSA) is 31.0 Å². The Morgan fingerprint density at radius 3 is 2.59 bits per heavy atom. The van der Waals surface area contributed by atoms with Crippen LogP contribution in [0.1, 0.15) is 39.5 Å². The van der Waals surface area contributed by atoms with E-state index in [1.807, 2.05) is 0 Å². The van der Waals surface area contributed by atoms with E-state index in [1.54, 1.807) is 0 Å². The van der Waals surface area contributed by atoms with Crippen LogP contribution in [0.15, 0.2) is 30.3 Å². The molecule has 2 aliphatic rings. The third-order valence-corrected chi connectivity index (χ3v) is 8.60. The molecule has 1 saturated carbocycles. The van der Waals surface area contributed by atoms with Crippen LogP contribution >= 0.6 is 0 Å². The van der Waals surface area contributed by atoms with E-state index < -0.39 is 8.56 Å². The van der Waals surface area contributed by atoms with E-state index in [0.717, 1.165) is 31.6 Å². The van der Waals surface area contributed by atoms with Crippen LogP contribution < -0.4 is 5.19 Å². The third kappa shape index (κ3) is 3.62. The first-order valence-electron chi connectivity index (χ1n) is 8.76. The maximum Gasteiger partial charge on any atom is 0.372 e. The maximum atomic E-state index is 6.43. The smallest absolute Gasteiger partial charge is 0.372 e. The SMILES string of the molecule is CCO[Si](CC)(OCCC1CCC2OC2C1)c1ccccc1. The summed E-state index contributed by atoms with van der Waals surface area (Å²) in [5.74, 6) is 0.768. The Bertz CT molecular complexity index is 467. The lowest BCUT2D eigenvalue weighted by molar-refractivity contribution is 0.170. The molecule has 0 bridgehead atoms. The monoisotopic (exact) mass is 320 g/mol. The van der Waals surface area contributed by atoms with Crippen LogP contribution in [-0.2, 0) is 13.6 Å². The highest BCUT2D eigenvalue weighted by Crippen LogP contribution is 2.40. The van der Waals surface area contributed by atoms with Gasteiger partial charge >= 0.3 is 8.56 Å². The standard InChI is InChI=1S/C18H28O3Si/c1-3-19-22(4-2,16-8-6-5-7-9-16)20-13-12-15-10-11-17-18(14-15)21-17/h5-9,15,17-18H,3-4,10-14H2,1-2H3. The van der Waals surface area contributed by atoms with Gasteiger partial charge in [0.1, 0.15) is 0 Å². The lowest BCUT2D eigenvalue weighted by Gasteiger charge is -2.30. The molecule has 1 heterocycles. The molecule has 22 heavy (non-hydrogen) atoms. The van der Waals surface area contributed by atoms with Gasteiger partial charge < -0.3 is 13.6 Å². The molecule has 0 aromatic heterocycles. The molecule has 1 saturated heterocycles. The molecule has 0 spiro atoms. The molecule has 0 N–H and O–H groups in total. The molecule has 0 amide bonds. The molecular weight excluding hydrogens is 292 g/mol. The number of hydrogen-bond donors (Lipinski definition) is 0. The second-order valence-electron chi connectivity index (χ2n) is 6.43. The number of hydrogen-bond acceptors (Lipinski definition) is 3. The van der Waals surface area contributed by atoms with Gasteiger partial charge in [-0.25, -0.2) is 0 Å². The predicted octanol–water partition coefficient (Wildman–Crippen LogP) is 3.37. The van der Waals surface area contributed by atoms with Gasteiger partial charge in [-0.3, -0.25) is 0 Å². The molecular formula is C18H28O3Si. The van der Waals surface area contributed by atoms with E-state index in [0.29, 0.717) is 12.2 Å². The summed E-state index contributed by atoms with van der Waals surface area (Å²) >= 11 is 0. The molecule has 1 aliphatic carbocycles. The molecule has 0 radical (unpaired) electrons. The molecule has 4 atom stereocenters. The lowest BCUT2D eigenvalue weighted by Crippen LogP contribution is -2.53. The van der Waals surface area contributed by atoms with Gasteiger partial charge in [0, 0.05) is 13.2 Å². The molecule has 3 rings (SSSR count). The largest absolute Gasteiger partial charge is 0.391 e. The summed E-state index contributed by atoms with van der Waals surface area (Å²) in [7, 11) is -2.27. The van der Waals surface area contributed by atoms with E-state index >= 15 is 0 Å². The summed E-state index contributed by atoms with van der Waals surface area (Å²) in [6.45, 7) is 5.79. The van der Waals surface area contributed by atoms with Crippen molar-refractivity contribution in [3.63, 3.8) is 0 Å². The summed E-state index contributed by atoms with van der Waals surface area (Å²) in [6, 6.07) is 11.5. The first kappa shape index (κ1) is 16.2. The third-order valence-electron chi connectivity index (χ3n) is 5.03. The average molecular weight is 321 g/mol. The Labute approximate surface area is 135 Å². The normalized spacial score (nSPS) is 29.6. The van der Waals surface area contributed by atoms with Crippen molar-refractivity contribution in [2.45, 2.75) is 57.8 Å².